The van der Waals surface area contributed by atoms with Crippen molar-refractivity contribution in [3.05, 3.63) is 21.7 Å². The van der Waals surface area contributed by atoms with E-state index in [1.54, 1.807) is 6.07 Å². The number of nitrogens with one attached hydrogen (secondary N) is 1. The Balaban J connectivity index is 1.67. The van der Waals surface area contributed by atoms with Crippen molar-refractivity contribution in [2.45, 2.75) is 77.7 Å². The number of hydrogen-bond donors (Lipinski definition) is 1. The third kappa shape index (κ3) is 4.68. The van der Waals surface area contributed by atoms with Crippen LogP contribution in [-0.2, 0) is 9.47 Å². The van der Waals surface area contributed by atoms with Crippen LogP contribution in [0, 0.1) is 12.8 Å². The van der Waals surface area contributed by atoms with Crippen LogP contribution in [0.5, 0.6) is 11.5 Å². The summed E-state index contributed by atoms with van der Waals surface area (Å²) >= 11 is 3.49. The summed E-state index contributed by atoms with van der Waals surface area (Å²) in [6.45, 7) is 9.31. The second kappa shape index (κ2) is 8.29. The standard InChI is InChI=1S/C22H30BrNO6/c1-12-15(19(25)27-6)11-16(23)18-17(12)28-22(5,29-18)13-7-9-14(10-8-13)24-20(26)30-21(2,3)4/h11,13-14H,7-10H2,1-6H3,(H,24,26)/t13-,14-,22?. The van der Waals surface area contributed by atoms with Gasteiger partial charge in [-0.15, -0.1) is 0 Å². The molecular formula is C22H30BrNO6. The van der Waals surface area contributed by atoms with Crippen LogP contribution in [0.15, 0.2) is 10.5 Å². The van der Waals surface area contributed by atoms with E-state index in [9.17, 15) is 9.59 Å². The van der Waals surface area contributed by atoms with Crippen LogP contribution in [-0.4, -0.2) is 36.6 Å². The van der Waals surface area contributed by atoms with Crippen LogP contribution >= 0.6 is 15.9 Å². The van der Waals surface area contributed by atoms with Gasteiger partial charge in [0.05, 0.1) is 17.1 Å². The molecule has 0 spiro atoms. The molecule has 30 heavy (non-hydrogen) atoms. The van der Waals surface area contributed by atoms with Crippen molar-refractivity contribution < 1.29 is 28.5 Å². The minimum Gasteiger partial charge on any atom is -0.465 e. The highest BCUT2D eigenvalue weighted by Crippen LogP contribution is 2.51. The van der Waals surface area contributed by atoms with Gasteiger partial charge in [-0.1, -0.05) is 0 Å². The van der Waals surface area contributed by atoms with Crippen molar-refractivity contribution in [3.8, 4) is 11.5 Å². The molecule has 1 amide bonds. The van der Waals surface area contributed by atoms with E-state index < -0.39 is 17.4 Å². The van der Waals surface area contributed by atoms with Crippen molar-refractivity contribution >= 4 is 28.0 Å². The monoisotopic (exact) mass is 483 g/mol. The highest BCUT2D eigenvalue weighted by Gasteiger charge is 2.47. The summed E-state index contributed by atoms with van der Waals surface area (Å²) in [5, 5.41) is 2.96. The van der Waals surface area contributed by atoms with Gasteiger partial charge in [0.2, 0.25) is 0 Å². The quantitative estimate of drug-likeness (QED) is 0.600. The number of amides is 1. The molecule has 0 aromatic heterocycles. The zero-order valence-electron chi connectivity index (χ0n) is 18.4. The number of fused-ring (bicyclic) bond motifs is 1. The van der Waals surface area contributed by atoms with Gasteiger partial charge in [-0.2, -0.15) is 0 Å². The number of benzene rings is 1. The number of ether oxygens (including phenoxy) is 4. The molecule has 1 aromatic carbocycles. The molecule has 1 aromatic rings. The molecule has 1 aliphatic heterocycles. The lowest BCUT2D eigenvalue weighted by atomic mass is 9.81. The maximum Gasteiger partial charge on any atom is 0.407 e. The molecule has 8 heteroatoms. The molecule has 1 aliphatic carbocycles. The molecule has 1 atom stereocenters. The number of methoxy groups -OCH3 is 1. The molecule has 166 valence electrons. The van der Waals surface area contributed by atoms with Gasteiger partial charge < -0.3 is 24.3 Å². The lowest BCUT2D eigenvalue weighted by Gasteiger charge is -2.37. The van der Waals surface area contributed by atoms with Gasteiger partial charge in [-0.25, -0.2) is 9.59 Å². The van der Waals surface area contributed by atoms with Gasteiger partial charge in [0, 0.05) is 24.4 Å². The normalized spacial score (nSPS) is 25.6. The van der Waals surface area contributed by atoms with E-state index in [-0.39, 0.29) is 18.1 Å². The van der Waals surface area contributed by atoms with Crippen LogP contribution in [0.1, 0.15) is 69.3 Å². The fraction of sp³-hybridized carbons (Fsp3) is 0.636. The lowest BCUT2D eigenvalue weighted by Crippen LogP contribution is -2.48. The summed E-state index contributed by atoms with van der Waals surface area (Å²) in [6, 6.07) is 1.78. The van der Waals surface area contributed by atoms with E-state index in [0.29, 0.717) is 27.1 Å². The molecule has 1 N–H and O–H groups in total. The molecule has 2 aliphatic rings. The number of hydrogen-bond acceptors (Lipinski definition) is 6. The van der Waals surface area contributed by atoms with E-state index >= 15 is 0 Å². The van der Waals surface area contributed by atoms with E-state index in [0.717, 1.165) is 25.7 Å². The van der Waals surface area contributed by atoms with Crippen molar-refractivity contribution in [3.63, 3.8) is 0 Å². The topological polar surface area (TPSA) is 83.1 Å². The van der Waals surface area contributed by atoms with Crippen LogP contribution in [0.2, 0.25) is 0 Å². The highest BCUT2D eigenvalue weighted by molar-refractivity contribution is 9.10. The first-order valence-corrected chi connectivity index (χ1v) is 11.0. The van der Waals surface area contributed by atoms with E-state index in [2.05, 4.69) is 21.2 Å². The summed E-state index contributed by atoms with van der Waals surface area (Å²) in [5.41, 5.74) is 0.630. The summed E-state index contributed by atoms with van der Waals surface area (Å²) in [4.78, 5) is 24.1. The highest BCUT2D eigenvalue weighted by atomic mass is 79.9. The first-order chi connectivity index (χ1) is 13.9. The molecule has 0 bridgehead atoms. The molecule has 1 heterocycles. The van der Waals surface area contributed by atoms with Gasteiger partial charge in [-0.05, 0) is 75.4 Å². The van der Waals surface area contributed by atoms with Crippen LogP contribution in [0.25, 0.3) is 0 Å². The smallest absolute Gasteiger partial charge is 0.407 e. The molecule has 7 nitrogen and oxygen atoms in total. The number of halogens is 1. The summed E-state index contributed by atoms with van der Waals surface area (Å²) in [7, 11) is 1.36. The molecular weight excluding hydrogens is 454 g/mol. The Bertz CT molecular complexity index is 841. The second-order valence-corrected chi connectivity index (χ2v) is 9.95. The molecule has 0 saturated heterocycles. The van der Waals surface area contributed by atoms with E-state index in [4.69, 9.17) is 18.9 Å². The summed E-state index contributed by atoms with van der Waals surface area (Å²) < 4.78 is 23.4. The summed E-state index contributed by atoms with van der Waals surface area (Å²) in [5.74, 6) is 0.0793. The van der Waals surface area contributed by atoms with Gasteiger partial charge in [0.25, 0.3) is 5.79 Å². The Kier molecular flexibility index (Phi) is 6.28. The molecule has 0 radical (unpaired) electrons. The zero-order valence-corrected chi connectivity index (χ0v) is 20.0. The van der Waals surface area contributed by atoms with Gasteiger partial charge in [-0.3, -0.25) is 0 Å². The maximum absolute atomic E-state index is 12.1. The fourth-order valence-corrected chi connectivity index (χ4v) is 4.56. The van der Waals surface area contributed by atoms with Gasteiger partial charge >= 0.3 is 12.1 Å². The van der Waals surface area contributed by atoms with Crippen molar-refractivity contribution in [1.29, 1.82) is 0 Å². The fourth-order valence-electron chi connectivity index (χ4n) is 4.07. The Hall–Kier alpha value is -1.96. The number of rotatable bonds is 3. The number of esters is 1. The van der Waals surface area contributed by atoms with Crippen LogP contribution < -0.4 is 14.8 Å². The van der Waals surface area contributed by atoms with Crippen molar-refractivity contribution in [2.75, 3.05) is 7.11 Å². The van der Waals surface area contributed by atoms with Crippen LogP contribution in [0.4, 0.5) is 4.79 Å². The van der Waals surface area contributed by atoms with E-state index in [1.807, 2.05) is 34.6 Å². The third-order valence-corrected chi connectivity index (χ3v) is 6.23. The minimum absolute atomic E-state index is 0.0721. The Labute approximate surface area is 185 Å². The van der Waals surface area contributed by atoms with Crippen molar-refractivity contribution in [2.24, 2.45) is 5.92 Å². The number of carbonyl (C=O) groups excluding carboxylic acids is 2. The number of alkyl carbamates (subject to hydrolysis) is 1. The largest absolute Gasteiger partial charge is 0.465 e. The maximum atomic E-state index is 12.1. The lowest BCUT2D eigenvalue weighted by molar-refractivity contribution is -0.121. The average molecular weight is 484 g/mol. The SMILES string of the molecule is COC(=O)c1cc(Br)c2c(c1C)OC(C)([C@H]1CC[C@H](NC(=O)OC(C)(C)C)CC1)O2. The van der Waals surface area contributed by atoms with Gasteiger partial charge in [0.1, 0.15) is 5.60 Å². The Morgan fingerprint density at radius 3 is 2.33 bits per heavy atom. The van der Waals surface area contributed by atoms with Gasteiger partial charge in [0.15, 0.2) is 11.5 Å². The van der Waals surface area contributed by atoms with Crippen LogP contribution in [0.3, 0.4) is 0 Å². The van der Waals surface area contributed by atoms with Crippen molar-refractivity contribution in [1.82, 2.24) is 5.32 Å². The average Bonchev–Trinajstić information content (AvgIpc) is 3.03. The molecule has 1 unspecified atom stereocenters. The molecule has 1 fully saturated rings. The predicted octanol–water partition coefficient (Wildman–Crippen LogP) is 5.12. The number of carbonyl (C=O) groups is 2. The minimum atomic E-state index is -0.832. The Morgan fingerprint density at radius 2 is 1.77 bits per heavy atom. The first-order valence-electron chi connectivity index (χ1n) is 10.2. The first kappa shape index (κ1) is 22.7. The molecule has 1 saturated carbocycles. The second-order valence-electron chi connectivity index (χ2n) is 9.10. The summed E-state index contributed by atoms with van der Waals surface area (Å²) in [6.07, 6.45) is 2.93. The molecule has 3 rings (SSSR count). The Morgan fingerprint density at radius 1 is 1.17 bits per heavy atom. The zero-order chi connectivity index (χ0) is 22.3. The third-order valence-electron chi connectivity index (χ3n) is 5.64. The van der Waals surface area contributed by atoms with E-state index in [1.165, 1.54) is 7.11 Å². The predicted molar refractivity (Wildman–Crippen MR) is 115 cm³/mol.